The summed E-state index contributed by atoms with van der Waals surface area (Å²) >= 11 is 6.17. The molecule has 2 aromatic carbocycles. The molecule has 0 atom stereocenters. The Morgan fingerprint density at radius 1 is 1.15 bits per heavy atom. The van der Waals surface area contributed by atoms with Crippen molar-refractivity contribution in [3.05, 3.63) is 64.9 Å². The summed E-state index contributed by atoms with van der Waals surface area (Å²) in [5.74, 6) is 1.06. The molecule has 0 saturated heterocycles. The van der Waals surface area contributed by atoms with Crippen LogP contribution in [0.1, 0.15) is 30.7 Å². The van der Waals surface area contributed by atoms with Crippen molar-refractivity contribution >= 4 is 27.3 Å². The van der Waals surface area contributed by atoms with Gasteiger partial charge in [-0.25, -0.2) is 8.42 Å². The molecule has 1 heterocycles. The molecule has 3 aromatic rings. The summed E-state index contributed by atoms with van der Waals surface area (Å²) in [5.41, 5.74) is 2.05. The molecule has 0 unspecified atom stereocenters. The standard InChI is InChI=1S/C19H18ClN3O3S/c1-27(24,25)23-16-8-6-13(7-9-16)17-21-18(22-26-17)19(10-3-11-19)14-4-2-5-15(20)12-14/h2,4-9,12,23H,3,10-11H2,1H3. The first-order chi connectivity index (χ1) is 12.9. The van der Waals surface area contributed by atoms with Gasteiger partial charge in [0, 0.05) is 16.3 Å². The molecular weight excluding hydrogens is 386 g/mol. The van der Waals surface area contributed by atoms with E-state index in [-0.39, 0.29) is 5.41 Å². The summed E-state index contributed by atoms with van der Waals surface area (Å²) < 4.78 is 30.5. The van der Waals surface area contributed by atoms with Gasteiger partial charge in [0.2, 0.25) is 10.0 Å². The van der Waals surface area contributed by atoms with Gasteiger partial charge in [0.25, 0.3) is 5.89 Å². The lowest BCUT2D eigenvalue weighted by Gasteiger charge is -2.39. The van der Waals surface area contributed by atoms with E-state index >= 15 is 0 Å². The molecule has 0 aliphatic heterocycles. The van der Waals surface area contributed by atoms with Gasteiger partial charge in [0.05, 0.1) is 11.7 Å². The number of hydrogen-bond acceptors (Lipinski definition) is 5. The van der Waals surface area contributed by atoms with E-state index in [0.717, 1.165) is 36.6 Å². The van der Waals surface area contributed by atoms with Crippen LogP contribution in [0.2, 0.25) is 5.02 Å². The molecule has 0 spiro atoms. The highest BCUT2D eigenvalue weighted by Crippen LogP contribution is 2.48. The van der Waals surface area contributed by atoms with Crippen molar-refractivity contribution in [2.45, 2.75) is 24.7 Å². The van der Waals surface area contributed by atoms with Gasteiger partial charge in [-0.15, -0.1) is 0 Å². The Morgan fingerprint density at radius 3 is 2.48 bits per heavy atom. The molecule has 1 aromatic heterocycles. The molecule has 8 heteroatoms. The highest BCUT2D eigenvalue weighted by Gasteiger charge is 2.44. The molecule has 1 saturated carbocycles. The first-order valence-corrected chi connectivity index (χ1v) is 10.8. The van der Waals surface area contributed by atoms with E-state index in [1.54, 1.807) is 24.3 Å². The highest BCUT2D eigenvalue weighted by molar-refractivity contribution is 7.92. The van der Waals surface area contributed by atoms with Crippen molar-refractivity contribution in [2.75, 3.05) is 11.0 Å². The molecule has 1 aliphatic rings. The van der Waals surface area contributed by atoms with Crippen molar-refractivity contribution in [3.63, 3.8) is 0 Å². The predicted molar refractivity (Wildman–Crippen MR) is 104 cm³/mol. The summed E-state index contributed by atoms with van der Waals surface area (Å²) in [5, 5.41) is 4.93. The zero-order chi connectivity index (χ0) is 19.1. The van der Waals surface area contributed by atoms with Crippen LogP contribution in [0.25, 0.3) is 11.5 Å². The number of hydrogen-bond donors (Lipinski definition) is 1. The van der Waals surface area contributed by atoms with E-state index in [4.69, 9.17) is 16.1 Å². The number of nitrogens with zero attached hydrogens (tertiary/aromatic N) is 2. The second-order valence-electron chi connectivity index (χ2n) is 6.82. The van der Waals surface area contributed by atoms with Gasteiger partial charge in [-0.3, -0.25) is 4.72 Å². The van der Waals surface area contributed by atoms with Crippen LogP contribution in [0.5, 0.6) is 0 Å². The average molecular weight is 404 g/mol. The molecule has 1 aliphatic carbocycles. The molecule has 0 amide bonds. The smallest absolute Gasteiger partial charge is 0.257 e. The third-order valence-electron chi connectivity index (χ3n) is 4.87. The van der Waals surface area contributed by atoms with Crippen molar-refractivity contribution in [1.29, 1.82) is 0 Å². The minimum absolute atomic E-state index is 0.259. The first kappa shape index (κ1) is 18.0. The minimum atomic E-state index is -3.31. The third-order valence-corrected chi connectivity index (χ3v) is 5.72. The lowest BCUT2D eigenvalue weighted by Crippen LogP contribution is -2.36. The Morgan fingerprint density at radius 2 is 1.89 bits per heavy atom. The quantitative estimate of drug-likeness (QED) is 0.688. The molecule has 0 bridgehead atoms. The number of anilines is 1. The van der Waals surface area contributed by atoms with Crippen LogP contribution in [0, 0.1) is 0 Å². The predicted octanol–water partition coefficient (Wildman–Crippen LogP) is 4.23. The van der Waals surface area contributed by atoms with Crippen LogP contribution in [-0.2, 0) is 15.4 Å². The van der Waals surface area contributed by atoms with Crippen LogP contribution in [0.3, 0.4) is 0 Å². The molecule has 140 valence electrons. The number of sulfonamides is 1. The van der Waals surface area contributed by atoms with E-state index < -0.39 is 10.0 Å². The summed E-state index contributed by atoms with van der Waals surface area (Å²) in [4.78, 5) is 4.63. The zero-order valence-corrected chi connectivity index (χ0v) is 16.2. The number of rotatable bonds is 5. The maximum absolute atomic E-state index is 11.3. The van der Waals surface area contributed by atoms with Crippen LogP contribution in [-0.4, -0.2) is 24.8 Å². The SMILES string of the molecule is CS(=O)(=O)Nc1ccc(-c2nc(C3(c4cccc(Cl)c4)CCC3)no2)cc1. The Balaban J connectivity index is 1.63. The lowest BCUT2D eigenvalue weighted by molar-refractivity contribution is 0.273. The van der Waals surface area contributed by atoms with Crippen molar-refractivity contribution in [3.8, 4) is 11.5 Å². The molecule has 1 fully saturated rings. The third kappa shape index (κ3) is 3.57. The number of nitrogens with one attached hydrogen (secondary N) is 1. The van der Waals surface area contributed by atoms with Crippen LogP contribution < -0.4 is 4.72 Å². The van der Waals surface area contributed by atoms with Crippen LogP contribution >= 0.6 is 11.6 Å². The van der Waals surface area contributed by atoms with E-state index in [0.29, 0.717) is 22.4 Å². The van der Waals surface area contributed by atoms with E-state index in [1.165, 1.54) is 0 Å². The van der Waals surface area contributed by atoms with E-state index in [9.17, 15) is 8.42 Å². The molecule has 4 rings (SSSR count). The lowest BCUT2D eigenvalue weighted by atomic mass is 9.64. The zero-order valence-electron chi connectivity index (χ0n) is 14.6. The fraction of sp³-hybridized carbons (Fsp3) is 0.263. The first-order valence-electron chi connectivity index (χ1n) is 8.54. The van der Waals surface area contributed by atoms with Crippen molar-refractivity contribution in [2.24, 2.45) is 0 Å². The Labute approximate surface area is 162 Å². The van der Waals surface area contributed by atoms with Crippen LogP contribution in [0.15, 0.2) is 53.1 Å². The average Bonchev–Trinajstić information content (AvgIpc) is 3.03. The summed E-state index contributed by atoms with van der Waals surface area (Å²) in [6.45, 7) is 0. The van der Waals surface area contributed by atoms with Gasteiger partial charge < -0.3 is 4.52 Å². The van der Waals surface area contributed by atoms with Gasteiger partial charge in [-0.2, -0.15) is 4.98 Å². The summed E-state index contributed by atoms with van der Waals surface area (Å²) in [7, 11) is -3.31. The summed E-state index contributed by atoms with van der Waals surface area (Å²) in [6.07, 6.45) is 4.11. The number of halogens is 1. The molecular formula is C19H18ClN3O3S. The maximum atomic E-state index is 11.3. The van der Waals surface area contributed by atoms with Gasteiger partial charge in [-0.05, 0) is 54.8 Å². The number of aromatic nitrogens is 2. The molecule has 1 N–H and O–H groups in total. The van der Waals surface area contributed by atoms with Gasteiger partial charge >= 0.3 is 0 Å². The van der Waals surface area contributed by atoms with Gasteiger partial charge in [0.1, 0.15) is 0 Å². The topological polar surface area (TPSA) is 85.1 Å². The number of benzene rings is 2. The second-order valence-corrected chi connectivity index (χ2v) is 9.01. The monoisotopic (exact) mass is 403 g/mol. The fourth-order valence-corrected chi connectivity index (χ4v) is 4.14. The Kier molecular flexibility index (Phi) is 4.44. The van der Waals surface area contributed by atoms with Crippen molar-refractivity contribution in [1.82, 2.24) is 10.1 Å². The molecule has 6 nitrogen and oxygen atoms in total. The normalized spacial score (nSPS) is 15.9. The Bertz CT molecular complexity index is 1070. The summed E-state index contributed by atoms with van der Waals surface area (Å²) in [6, 6.07) is 14.6. The van der Waals surface area contributed by atoms with Crippen molar-refractivity contribution < 1.29 is 12.9 Å². The highest BCUT2D eigenvalue weighted by atomic mass is 35.5. The molecule has 27 heavy (non-hydrogen) atoms. The Hall–Kier alpha value is -2.38. The largest absolute Gasteiger partial charge is 0.334 e. The van der Waals surface area contributed by atoms with Crippen LogP contribution in [0.4, 0.5) is 5.69 Å². The second kappa shape index (κ2) is 6.65. The minimum Gasteiger partial charge on any atom is -0.334 e. The maximum Gasteiger partial charge on any atom is 0.257 e. The van der Waals surface area contributed by atoms with E-state index in [1.807, 2.05) is 24.3 Å². The van der Waals surface area contributed by atoms with Gasteiger partial charge in [0.15, 0.2) is 5.82 Å². The van der Waals surface area contributed by atoms with E-state index in [2.05, 4.69) is 14.9 Å². The molecule has 0 radical (unpaired) electrons. The fourth-order valence-electron chi connectivity index (χ4n) is 3.39. The van der Waals surface area contributed by atoms with Gasteiger partial charge in [-0.1, -0.05) is 35.3 Å².